The van der Waals surface area contributed by atoms with Gasteiger partial charge in [-0.3, -0.25) is 18.7 Å². The average molecular weight is 311 g/mol. The predicted octanol–water partition coefficient (Wildman–Crippen LogP) is 1.59. The van der Waals surface area contributed by atoms with E-state index in [4.69, 9.17) is 11.6 Å². The van der Waals surface area contributed by atoms with Crippen LogP contribution in [0.1, 0.15) is 22.8 Å². The Morgan fingerprint density at radius 1 is 1.33 bits per heavy atom. The Labute approximate surface area is 124 Å². The van der Waals surface area contributed by atoms with Crippen molar-refractivity contribution in [2.75, 3.05) is 0 Å². The van der Waals surface area contributed by atoms with Crippen molar-refractivity contribution in [2.24, 2.45) is 7.05 Å². The summed E-state index contributed by atoms with van der Waals surface area (Å²) in [4.78, 5) is 35.2. The van der Waals surface area contributed by atoms with Gasteiger partial charge in [-0.15, -0.1) is 0 Å². The molecule has 5 nitrogen and oxygen atoms in total. The van der Waals surface area contributed by atoms with E-state index in [2.05, 4.69) is 0 Å². The maximum atomic E-state index is 13.8. The first kappa shape index (κ1) is 15.2. The highest BCUT2D eigenvalue weighted by Crippen LogP contribution is 2.15. The quantitative estimate of drug-likeness (QED) is 0.809. The van der Waals surface area contributed by atoms with Gasteiger partial charge in [0.1, 0.15) is 5.82 Å². The van der Waals surface area contributed by atoms with E-state index in [9.17, 15) is 18.8 Å². The van der Waals surface area contributed by atoms with E-state index >= 15 is 0 Å². The summed E-state index contributed by atoms with van der Waals surface area (Å²) in [5.74, 6) is -1.02. The van der Waals surface area contributed by atoms with Crippen LogP contribution in [0.15, 0.2) is 34.0 Å². The number of ketones is 1. The van der Waals surface area contributed by atoms with Crippen molar-refractivity contribution in [1.29, 1.82) is 0 Å². The second-order valence-electron chi connectivity index (χ2n) is 4.61. The fourth-order valence-corrected chi connectivity index (χ4v) is 2.07. The first-order valence-electron chi connectivity index (χ1n) is 6.06. The van der Waals surface area contributed by atoms with Crippen LogP contribution in [0.2, 0.25) is 5.02 Å². The Morgan fingerprint density at radius 3 is 2.57 bits per heavy atom. The molecule has 0 unspecified atom stereocenters. The second kappa shape index (κ2) is 5.65. The number of aromatic nitrogens is 2. The van der Waals surface area contributed by atoms with Gasteiger partial charge in [0.25, 0.3) is 5.56 Å². The van der Waals surface area contributed by atoms with Crippen molar-refractivity contribution >= 4 is 17.4 Å². The first-order chi connectivity index (χ1) is 9.81. The Bertz CT molecular complexity index is 839. The van der Waals surface area contributed by atoms with Crippen LogP contribution in [0, 0.1) is 5.82 Å². The van der Waals surface area contributed by atoms with E-state index in [1.807, 2.05) is 0 Å². The fourth-order valence-electron chi connectivity index (χ4n) is 1.91. The van der Waals surface area contributed by atoms with Gasteiger partial charge in [-0.25, -0.2) is 9.18 Å². The molecule has 2 rings (SSSR count). The van der Waals surface area contributed by atoms with Crippen LogP contribution >= 0.6 is 11.6 Å². The maximum absolute atomic E-state index is 13.8. The van der Waals surface area contributed by atoms with Crippen LogP contribution in [0.3, 0.4) is 0 Å². The van der Waals surface area contributed by atoms with Gasteiger partial charge < -0.3 is 0 Å². The molecule has 0 atom stereocenters. The Balaban J connectivity index is 2.57. The Kier molecular flexibility index (Phi) is 4.09. The molecule has 0 radical (unpaired) electrons. The normalized spacial score (nSPS) is 10.7. The van der Waals surface area contributed by atoms with Crippen LogP contribution < -0.4 is 11.2 Å². The standard InChI is InChI=1S/C14H12ClFN2O3/c1-8(19)11-7-18(14(21)17(2)13(11)20)6-9-3-4-10(15)5-12(9)16/h3-5,7H,6H2,1-2H3. The third-order valence-corrected chi connectivity index (χ3v) is 3.32. The van der Waals surface area contributed by atoms with Crippen LogP contribution in [0.25, 0.3) is 0 Å². The molecule has 1 aromatic heterocycles. The lowest BCUT2D eigenvalue weighted by molar-refractivity contribution is 0.101. The molecule has 2 aromatic rings. The summed E-state index contributed by atoms with van der Waals surface area (Å²) in [6, 6.07) is 4.08. The van der Waals surface area contributed by atoms with Gasteiger partial charge in [0.05, 0.1) is 12.1 Å². The smallest absolute Gasteiger partial charge is 0.295 e. The number of benzene rings is 1. The highest BCUT2D eigenvalue weighted by atomic mass is 35.5. The van der Waals surface area contributed by atoms with Crippen molar-refractivity contribution in [3.05, 3.63) is 67.2 Å². The fraction of sp³-hybridized carbons (Fsp3) is 0.214. The lowest BCUT2D eigenvalue weighted by atomic mass is 10.2. The number of carbonyl (C=O) groups is 1. The van der Waals surface area contributed by atoms with Crippen LogP contribution in [-0.2, 0) is 13.6 Å². The molecular formula is C14H12ClFN2O3. The molecule has 0 aliphatic carbocycles. The average Bonchev–Trinajstić information content (AvgIpc) is 2.41. The van der Waals surface area contributed by atoms with E-state index in [0.29, 0.717) is 0 Å². The first-order valence-corrected chi connectivity index (χ1v) is 6.44. The van der Waals surface area contributed by atoms with Crippen LogP contribution in [0.5, 0.6) is 0 Å². The van der Waals surface area contributed by atoms with E-state index < -0.39 is 22.8 Å². The summed E-state index contributed by atoms with van der Waals surface area (Å²) < 4.78 is 15.7. The van der Waals surface area contributed by atoms with Gasteiger partial charge in [-0.05, 0) is 19.1 Å². The minimum Gasteiger partial charge on any atom is -0.295 e. The largest absolute Gasteiger partial charge is 0.331 e. The predicted molar refractivity (Wildman–Crippen MR) is 76.5 cm³/mol. The highest BCUT2D eigenvalue weighted by molar-refractivity contribution is 6.30. The summed E-state index contributed by atoms with van der Waals surface area (Å²) in [6.07, 6.45) is 1.15. The number of rotatable bonds is 3. The van der Waals surface area contributed by atoms with E-state index in [0.717, 1.165) is 21.4 Å². The number of carbonyl (C=O) groups excluding carboxylic acids is 1. The Morgan fingerprint density at radius 2 is 2.00 bits per heavy atom. The van der Waals surface area contributed by atoms with Crippen molar-refractivity contribution in [2.45, 2.75) is 13.5 Å². The van der Waals surface area contributed by atoms with Gasteiger partial charge in [-0.2, -0.15) is 0 Å². The molecular weight excluding hydrogens is 299 g/mol. The molecule has 0 fully saturated rings. The zero-order chi connectivity index (χ0) is 15.7. The molecule has 0 saturated carbocycles. The Hall–Kier alpha value is -2.21. The third kappa shape index (κ3) is 2.95. The zero-order valence-electron chi connectivity index (χ0n) is 11.4. The molecule has 0 aliphatic heterocycles. The van der Waals surface area contributed by atoms with Crippen molar-refractivity contribution < 1.29 is 9.18 Å². The van der Waals surface area contributed by atoms with Gasteiger partial charge in [0.2, 0.25) is 0 Å². The van der Waals surface area contributed by atoms with Crippen LogP contribution in [-0.4, -0.2) is 14.9 Å². The van der Waals surface area contributed by atoms with Gasteiger partial charge in [-0.1, -0.05) is 17.7 Å². The summed E-state index contributed by atoms with van der Waals surface area (Å²) in [7, 11) is 1.27. The number of hydrogen-bond acceptors (Lipinski definition) is 3. The summed E-state index contributed by atoms with van der Waals surface area (Å²) >= 11 is 5.67. The summed E-state index contributed by atoms with van der Waals surface area (Å²) in [6.45, 7) is 1.13. The summed E-state index contributed by atoms with van der Waals surface area (Å²) in [5.41, 5.74) is -1.18. The molecule has 1 aromatic carbocycles. The molecule has 0 saturated heterocycles. The van der Waals surface area contributed by atoms with E-state index in [-0.39, 0.29) is 22.7 Å². The van der Waals surface area contributed by atoms with Crippen molar-refractivity contribution in [3.8, 4) is 0 Å². The number of nitrogens with zero attached hydrogens (tertiary/aromatic N) is 2. The molecule has 0 amide bonds. The van der Waals surface area contributed by atoms with Gasteiger partial charge >= 0.3 is 5.69 Å². The number of Topliss-reactive ketones (excluding diaryl/α,β-unsaturated/α-hetero) is 1. The lowest BCUT2D eigenvalue weighted by Gasteiger charge is -2.10. The number of halogens is 2. The molecule has 110 valence electrons. The van der Waals surface area contributed by atoms with E-state index in [1.54, 1.807) is 0 Å². The molecule has 7 heteroatoms. The van der Waals surface area contributed by atoms with Crippen LogP contribution in [0.4, 0.5) is 4.39 Å². The highest BCUT2D eigenvalue weighted by Gasteiger charge is 2.13. The van der Waals surface area contributed by atoms with E-state index in [1.165, 1.54) is 26.1 Å². The maximum Gasteiger partial charge on any atom is 0.331 e. The zero-order valence-corrected chi connectivity index (χ0v) is 12.1. The van der Waals surface area contributed by atoms with Gasteiger partial charge in [0, 0.05) is 23.8 Å². The third-order valence-electron chi connectivity index (χ3n) is 3.09. The molecule has 0 bridgehead atoms. The SMILES string of the molecule is CC(=O)c1cn(Cc2ccc(Cl)cc2F)c(=O)n(C)c1=O. The minimum atomic E-state index is -0.666. The second-order valence-corrected chi connectivity index (χ2v) is 5.05. The summed E-state index contributed by atoms with van der Waals surface area (Å²) in [5, 5.41) is 0.244. The molecule has 0 spiro atoms. The van der Waals surface area contributed by atoms with Crippen molar-refractivity contribution in [1.82, 2.24) is 9.13 Å². The monoisotopic (exact) mass is 310 g/mol. The number of hydrogen-bond donors (Lipinski definition) is 0. The molecule has 21 heavy (non-hydrogen) atoms. The molecule has 0 N–H and O–H groups in total. The minimum absolute atomic E-state index is 0.101. The van der Waals surface area contributed by atoms with Gasteiger partial charge in [0.15, 0.2) is 5.78 Å². The molecule has 0 aliphatic rings. The van der Waals surface area contributed by atoms with Crippen molar-refractivity contribution in [3.63, 3.8) is 0 Å². The molecule has 1 heterocycles. The lowest BCUT2D eigenvalue weighted by Crippen LogP contribution is -2.40. The topological polar surface area (TPSA) is 61.1 Å².